The van der Waals surface area contributed by atoms with E-state index in [0.29, 0.717) is 6.42 Å². The number of Topliss-reactive ketones (excluding diaryl/α,β-unsaturated/α-hetero) is 1. The number of carbonyl (C=O) groups is 3. The second kappa shape index (κ2) is 7.65. The summed E-state index contributed by atoms with van der Waals surface area (Å²) in [5.41, 5.74) is 7.23. The largest absolute Gasteiger partial charge is 0.369 e. The number of ketones is 1. The first-order chi connectivity index (χ1) is 16.7. The van der Waals surface area contributed by atoms with Crippen LogP contribution in [0.15, 0.2) is 22.8 Å². The van der Waals surface area contributed by atoms with Gasteiger partial charge in [0.15, 0.2) is 5.78 Å². The smallest absolute Gasteiger partial charge is 0.223 e. The van der Waals surface area contributed by atoms with Gasteiger partial charge in [0.05, 0.1) is 11.0 Å². The average molecular weight is 491 g/mol. The molecule has 0 aromatic carbocycles. The Balaban J connectivity index is 1.72. The Bertz CT molecular complexity index is 1160. The first-order valence-corrected chi connectivity index (χ1v) is 13.9. The van der Waals surface area contributed by atoms with Crippen molar-refractivity contribution >= 4 is 18.0 Å². The van der Waals surface area contributed by atoms with Crippen molar-refractivity contribution in [1.29, 1.82) is 5.26 Å². The Hall–Kier alpha value is -2.22. The van der Waals surface area contributed by atoms with Crippen molar-refractivity contribution in [2.75, 3.05) is 0 Å². The molecule has 0 aromatic heterocycles. The van der Waals surface area contributed by atoms with Crippen molar-refractivity contribution in [3.8, 4) is 6.07 Å². The summed E-state index contributed by atoms with van der Waals surface area (Å²) >= 11 is 0. The van der Waals surface area contributed by atoms with Crippen LogP contribution >= 0.6 is 0 Å². The fourth-order valence-corrected chi connectivity index (χ4v) is 10.3. The van der Waals surface area contributed by atoms with Gasteiger partial charge in [0.1, 0.15) is 12.4 Å². The highest BCUT2D eigenvalue weighted by Crippen LogP contribution is 2.75. The lowest BCUT2D eigenvalue weighted by molar-refractivity contribution is -0.172. The average Bonchev–Trinajstić information content (AvgIpc) is 2.81. The third-order valence-corrected chi connectivity index (χ3v) is 12.4. The molecule has 5 heteroatoms. The molecule has 0 aliphatic heterocycles. The predicted octanol–water partition coefficient (Wildman–Crippen LogP) is 5.69. The van der Waals surface area contributed by atoms with Crippen LogP contribution in [0.1, 0.15) is 92.9 Å². The molecule has 0 saturated heterocycles. The second-order valence-electron chi connectivity index (χ2n) is 14.3. The monoisotopic (exact) mass is 490 g/mol. The van der Waals surface area contributed by atoms with Gasteiger partial charge in [-0.2, -0.15) is 5.26 Å². The van der Waals surface area contributed by atoms with E-state index in [2.05, 4.69) is 40.7 Å². The molecule has 8 atom stereocenters. The molecule has 5 rings (SSSR count). The third kappa shape index (κ3) is 2.96. The molecule has 1 amide bonds. The van der Waals surface area contributed by atoms with Crippen LogP contribution in [0.4, 0.5) is 0 Å². The molecular weight excluding hydrogens is 448 g/mol. The van der Waals surface area contributed by atoms with Crippen molar-refractivity contribution in [3.05, 3.63) is 22.8 Å². The molecule has 0 spiro atoms. The highest BCUT2D eigenvalue weighted by molar-refractivity contribution is 6.02. The first-order valence-electron chi connectivity index (χ1n) is 13.9. The standard InChI is InChI=1S/C31H42N2O3/c1-18-21-7-8-30(6)25(28(21,4)14-20(16-32)24(18)35)19(17-34)13-22-23-15-27(2,3)9-11-31(23,26(33)36)12-10-29(22,30)5/h14,17-18,21-23H,7-13,15H2,1-6H3,(H2,33,36)/t18-,21-,22?,23?,28-,29+,30+,31-/m0/s1. The number of carbonyl (C=O) groups excluding carboxylic acids is 3. The summed E-state index contributed by atoms with van der Waals surface area (Å²) in [4.78, 5) is 38.8. The number of hydrogen-bond donors (Lipinski definition) is 1. The maximum Gasteiger partial charge on any atom is 0.223 e. The van der Waals surface area contributed by atoms with Gasteiger partial charge >= 0.3 is 0 Å². The minimum Gasteiger partial charge on any atom is -0.369 e. The van der Waals surface area contributed by atoms with Crippen LogP contribution in [0.3, 0.4) is 0 Å². The van der Waals surface area contributed by atoms with E-state index in [9.17, 15) is 19.6 Å². The van der Waals surface area contributed by atoms with Crippen molar-refractivity contribution in [1.82, 2.24) is 0 Å². The summed E-state index contributed by atoms with van der Waals surface area (Å²) in [5.74, 6) is -0.0113. The van der Waals surface area contributed by atoms with Gasteiger partial charge in [0.25, 0.3) is 0 Å². The lowest BCUT2D eigenvalue weighted by Crippen LogP contribution is -2.64. The van der Waals surface area contributed by atoms with E-state index in [1.165, 1.54) is 0 Å². The molecule has 5 aliphatic carbocycles. The van der Waals surface area contributed by atoms with E-state index >= 15 is 0 Å². The molecule has 2 N–H and O–H groups in total. The summed E-state index contributed by atoms with van der Waals surface area (Å²) in [6.45, 7) is 13.5. The van der Waals surface area contributed by atoms with Gasteiger partial charge in [0.2, 0.25) is 5.91 Å². The first kappa shape index (κ1) is 25.4. The van der Waals surface area contributed by atoms with Crippen molar-refractivity contribution in [2.24, 2.45) is 56.5 Å². The number of aldehydes is 1. The molecule has 0 radical (unpaired) electrons. The highest BCUT2D eigenvalue weighted by atomic mass is 16.1. The second-order valence-corrected chi connectivity index (χ2v) is 14.3. The molecule has 0 aromatic rings. The number of fused-ring (bicyclic) bond motifs is 7. The summed E-state index contributed by atoms with van der Waals surface area (Å²) < 4.78 is 0. The Kier molecular flexibility index (Phi) is 5.40. The van der Waals surface area contributed by atoms with Crippen LogP contribution in [0, 0.1) is 62.1 Å². The van der Waals surface area contributed by atoms with Gasteiger partial charge in [-0.3, -0.25) is 14.4 Å². The fourth-order valence-electron chi connectivity index (χ4n) is 10.3. The number of nitrogens with zero attached hydrogens (tertiary/aromatic N) is 1. The van der Waals surface area contributed by atoms with E-state index in [0.717, 1.165) is 62.4 Å². The Labute approximate surface area is 215 Å². The number of amides is 1. The van der Waals surface area contributed by atoms with Crippen LogP contribution in [0.5, 0.6) is 0 Å². The summed E-state index contributed by atoms with van der Waals surface area (Å²) in [7, 11) is 0. The SMILES string of the molecule is C[C@@H]1C(=O)C(C#N)=C[C@]2(C)C3=C(C=O)CC4C5CC(C)(C)CC[C@]5(C(N)=O)CC[C@@]4(C)[C@]3(C)CC[C@@H]12. The normalized spacial score (nSPS) is 47.4. The van der Waals surface area contributed by atoms with Crippen LogP contribution < -0.4 is 5.73 Å². The molecule has 36 heavy (non-hydrogen) atoms. The molecule has 3 fully saturated rings. The van der Waals surface area contributed by atoms with Gasteiger partial charge in [-0.25, -0.2) is 0 Å². The zero-order valence-electron chi connectivity index (χ0n) is 22.9. The van der Waals surface area contributed by atoms with Crippen molar-refractivity contribution < 1.29 is 14.4 Å². The van der Waals surface area contributed by atoms with Gasteiger partial charge < -0.3 is 5.73 Å². The summed E-state index contributed by atoms with van der Waals surface area (Å²) in [5, 5.41) is 9.80. The Morgan fingerprint density at radius 1 is 1.06 bits per heavy atom. The van der Waals surface area contributed by atoms with Gasteiger partial charge in [-0.05, 0) is 96.5 Å². The number of allylic oxidation sites excluding steroid dienone is 4. The molecule has 0 heterocycles. The van der Waals surface area contributed by atoms with Crippen LogP contribution in [0.2, 0.25) is 0 Å². The Morgan fingerprint density at radius 2 is 1.72 bits per heavy atom. The summed E-state index contributed by atoms with van der Waals surface area (Å²) in [6.07, 6.45) is 9.93. The minimum atomic E-state index is -0.500. The predicted molar refractivity (Wildman–Crippen MR) is 138 cm³/mol. The summed E-state index contributed by atoms with van der Waals surface area (Å²) in [6, 6.07) is 2.16. The van der Waals surface area contributed by atoms with Gasteiger partial charge in [0, 0.05) is 11.3 Å². The highest BCUT2D eigenvalue weighted by Gasteiger charge is 2.69. The molecule has 5 nitrogen and oxygen atoms in total. The quantitative estimate of drug-likeness (QED) is 0.502. The lowest BCUT2D eigenvalue weighted by atomic mass is 9.34. The molecular formula is C31H42N2O3. The molecule has 3 saturated carbocycles. The minimum absolute atomic E-state index is 0.0647. The molecule has 2 unspecified atom stereocenters. The topological polar surface area (TPSA) is 101 Å². The fraction of sp³-hybridized carbons (Fsp3) is 0.742. The van der Waals surface area contributed by atoms with Crippen LogP contribution in [-0.4, -0.2) is 18.0 Å². The van der Waals surface area contributed by atoms with Gasteiger partial charge in [-0.15, -0.1) is 0 Å². The number of nitriles is 1. The number of hydrogen-bond acceptors (Lipinski definition) is 4. The molecule has 194 valence electrons. The Morgan fingerprint density at radius 3 is 2.33 bits per heavy atom. The van der Waals surface area contributed by atoms with E-state index < -0.39 is 10.8 Å². The number of primary amides is 1. The number of rotatable bonds is 2. The van der Waals surface area contributed by atoms with E-state index in [1.54, 1.807) is 0 Å². The lowest BCUT2D eigenvalue weighted by Gasteiger charge is -2.69. The van der Waals surface area contributed by atoms with Crippen molar-refractivity contribution in [2.45, 2.75) is 92.9 Å². The van der Waals surface area contributed by atoms with Crippen LogP contribution in [0.25, 0.3) is 0 Å². The van der Waals surface area contributed by atoms with E-state index in [4.69, 9.17) is 5.73 Å². The number of nitrogens with two attached hydrogens (primary N) is 1. The molecule has 5 aliphatic rings. The molecule has 0 bridgehead atoms. The van der Waals surface area contributed by atoms with Gasteiger partial charge in [-0.1, -0.05) is 47.6 Å². The maximum absolute atomic E-state index is 13.1. The zero-order valence-corrected chi connectivity index (χ0v) is 22.9. The van der Waals surface area contributed by atoms with Crippen molar-refractivity contribution in [3.63, 3.8) is 0 Å². The van der Waals surface area contributed by atoms with E-state index in [1.807, 2.05) is 13.0 Å². The third-order valence-electron chi connectivity index (χ3n) is 12.4. The van der Waals surface area contributed by atoms with E-state index in [-0.39, 0.29) is 57.2 Å². The zero-order chi connectivity index (χ0) is 26.5. The van der Waals surface area contributed by atoms with Crippen LogP contribution in [-0.2, 0) is 14.4 Å². The maximum atomic E-state index is 13.1.